The Morgan fingerprint density at radius 3 is 2.50 bits per heavy atom. The minimum absolute atomic E-state index is 0.163. The van der Waals surface area contributed by atoms with E-state index in [0.717, 1.165) is 11.1 Å². The van der Waals surface area contributed by atoms with Gasteiger partial charge in [-0.1, -0.05) is 0 Å². The van der Waals surface area contributed by atoms with E-state index in [2.05, 4.69) is 0 Å². The highest BCUT2D eigenvalue weighted by atomic mass is 32.2. The lowest BCUT2D eigenvalue weighted by molar-refractivity contribution is 0.476. The second kappa shape index (κ2) is 5.38. The lowest BCUT2D eigenvalue weighted by Gasteiger charge is -2.17. The van der Waals surface area contributed by atoms with E-state index in [4.69, 9.17) is 11.0 Å². The third kappa shape index (κ3) is 2.81. The molecule has 0 saturated heterocycles. The minimum atomic E-state index is -3.57. The van der Waals surface area contributed by atoms with Gasteiger partial charge in [0.05, 0.1) is 11.0 Å². The predicted octanol–water partition coefficient (Wildman–Crippen LogP) is 1.42. The highest BCUT2D eigenvalue weighted by Gasteiger charge is 2.21. The van der Waals surface area contributed by atoms with Crippen LogP contribution < -0.4 is 5.73 Å². The highest BCUT2D eigenvalue weighted by Crippen LogP contribution is 2.23. The van der Waals surface area contributed by atoms with Crippen molar-refractivity contribution in [3.63, 3.8) is 0 Å². The van der Waals surface area contributed by atoms with Crippen LogP contribution in [0.4, 0.5) is 5.69 Å². The number of hydrogen-bond acceptors (Lipinski definition) is 4. The van der Waals surface area contributed by atoms with Crippen molar-refractivity contribution in [2.45, 2.75) is 25.2 Å². The zero-order valence-corrected chi connectivity index (χ0v) is 11.6. The average molecular weight is 267 g/mol. The van der Waals surface area contributed by atoms with Crippen molar-refractivity contribution in [3.05, 3.63) is 23.3 Å². The molecule has 0 heterocycles. The largest absolute Gasteiger partial charge is 0.398 e. The molecule has 1 rings (SSSR count). The van der Waals surface area contributed by atoms with Gasteiger partial charge in [-0.15, -0.1) is 0 Å². The number of hydrogen-bond donors (Lipinski definition) is 1. The first-order valence-corrected chi connectivity index (χ1v) is 6.94. The quantitative estimate of drug-likeness (QED) is 0.836. The van der Waals surface area contributed by atoms with Crippen LogP contribution in [-0.2, 0) is 10.0 Å². The number of sulfonamides is 1. The summed E-state index contributed by atoms with van der Waals surface area (Å²) in [5.74, 6) is 0. The van der Waals surface area contributed by atoms with Gasteiger partial charge in [-0.25, -0.2) is 8.42 Å². The first-order valence-electron chi connectivity index (χ1n) is 5.50. The van der Waals surface area contributed by atoms with Gasteiger partial charge in [0.25, 0.3) is 0 Å². The molecule has 0 aliphatic heterocycles. The Morgan fingerprint density at radius 2 is 2.00 bits per heavy atom. The molecule has 1 aromatic rings. The number of anilines is 1. The fourth-order valence-corrected chi connectivity index (χ4v) is 2.80. The molecule has 0 spiro atoms. The Balaban J connectivity index is 3.18. The number of nitriles is 1. The third-order valence-corrected chi connectivity index (χ3v) is 4.76. The molecule has 0 aliphatic rings. The Kier molecular flexibility index (Phi) is 4.33. The van der Waals surface area contributed by atoms with Gasteiger partial charge in [0.15, 0.2) is 0 Å². The van der Waals surface area contributed by atoms with Crippen LogP contribution in [0.2, 0.25) is 0 Å². The Labute approximate surface area is 108 Å². The summed E-state index contributed by atoms with van der Waals surface area (Å²) in [5.41, 5.74) is 7.96. The SMILES string of the molecule is Cc1cc(S(=O)(=O)N(C)CCC#N)cc(N)c1C. The van der Waals surface area contributed by atoms with E-state index in [1.54, 1.807) is 6.07 Å². The van der Waals surface area contributed by atoms with Crippen LogP contribution in [0.25, 0.3) is 0 Å². The van der Waals surface area contributed by atoms with Crippen LogP contribution >= 0.6 is 0 Å². The summed E-state index contributed by atoms with van der Waals surface area (Å²) in [6, 6.07) is 4.98. The minimum Gasteiger partial charge on any atom is -0.398 e. The number of benzene rings is 1. The second-order valence-electron chi connectivity index (χ2n) is 4.19. The van der Waals surface area contributed by atoms with Crippen LogP contribution in [-0.4, -0.2) is 26.3 Å². The van der Waals surface area contributed by atoms with Gasteiger partial charge in [-0.2, -0.15) is 9.57 Å². The molecule has 2 N–H and O–H groups in total. The van der Waals surface area contributed by atoms with Crippen molar-refractivity contribution >= 4 is 15.7 Å². The first-order chi connectivity index (χ1) is 8.30. The van der Waals surface area contributed by atoms with Gasteiger partial charge < -0.3 is 5.73 Å². The lowest BCUT2D eigenvalue weighted by atomic mass is 10.1. The molecule has 0 bridgehead atoms. The van der Waals surface area contributed by atoms with Crippen molar-refractivity contribution in [2.24, 2.45) is 0 Å². The van der Waals surface area contributed by atoms with Gasteiger partial charge >= 0.3 is 0 Å². The lowest BCUT2D eigenvalue weighted by Crippen LogP contribution is -2.28. The van der Waals surface area contributed by atoms with E-state index >= 15 is 0 Å². The zero-order chi connectivity index (χ0) is 13.9. The fourth-order valence-electron chi connectivity index (χ4n) is 1.51. The zero-order valence-electron chi connectivity index (χ0n) is 10.8. The Hall–Kier alpha value is -1.58. The van der Waals surface area contributed by atoms with Gasteiger partial charge in [0.2, 0.25) is 10.0 Å². The molecule has 0 atom stereocenters. The van der Waals surface area contributed by atoms with Crippen molar-refractivity contribution in [1.29, 1.82) is 5.26 Å². The van der Waals surface area contributed by atoms with Crippen LogP contribution in [0.15, 0.2) is 17.0 Å². The van der Waals surface area contributed by atoms with E-state index in [1.165, 1.54) is 17.4 Å². The number of nitrogen functional groups attached to an aromatic ring is 1. The molecule has 6 heteroatoms. The molecular formula is C12H17N3O2S. The summed E-state index contributed by atoms with van der Waals surface area (Å²) in [4.78, 5) is 0.170. The normalized spacial score (nSPS) is 11.5. The van der Waals surface area contributed by atoms with Crippen molar-refractivity contribution in [2.75, 3.05) is 19.3 Å². The summed E-state index contributed by atoms with van der Waals surface area (Å²) in [6.07, 6.45) is 0.163. The summed E-state index contributed by atoms with van der Waals surface area (Å²) >= 11 is 0. The number of nitrogens with two attached hydrogens (primary N) is 1. The molecule has 0 aromatic heterocycles. The molecule has 1 aromatic carbocycles. The smallest absolute Gasteiger partial charge is 0.242 e. The van der Waals surface area contributed by atoms with E-state index in [-0.39, 0.29) is 17.9 Å². The van der Waals surface area contributed by atoms with Gasteiger partial charge in [-0.05, 0) is 37.1 Å². The molecule has 0 fully saturated rings. The maximum Gasteiger partial charge on any atom is 0.242 e. The molecule has 18 heavy (non-hydrogen) atoms. The molecule has 0 saturated carbocycles. The maximum absolute atomic E-state index is 12.2. The number of nitrogens with zero attached hydrogens (tertiary/aromatic N) is 2. The average Bonchev–Trinajstić information content (AvgIpc) is 2.32. The van der Waals surface area contributed by atoms with Gasteiger partial charge in [-0.3, -0.25) is 0 Å². The molecule has 0 aliphatic carbocycles. The predicted molar refractivity (Wildman–Crippen MR) is 70.4 cm³/mol. The Bertz CT molecular complexity index is 565. The van der Waals surface area contributed by atoms with Crippen LogP contribution in [0.1, 0.15) is 17.5 Å². The van der Waals surface area contributed by atoms with Crippen LogP contribution in [0.3, 0.4) is 0 Å². The van der Waals surface area contributed by atoms with Crippen LogP contribution in [0, 0.1) is 25.2 Å². The topological polar surface area (TPSA) is 87.2 Å². The van der Waals surface area contributed by atoms with E-state index in [0.29, 0.717) is 5.69 Å². The Morgan fingerprint density at radius 1 is 1.39 bits per heavy atom. The van der Waals surface area contributed by atoms with E-state index < -0.39 is 10.0 Å². The van der Waals surface area contributed by atoms with E-state index in [1.807, 2.05) is 19.9 Å². The van der Waals surface area contributed by atoms with Crippen molar-refractivity contribution in [1.82, 2.24) is 4.31 Å². The molecule has 0 radical (unpaired) electrons. The molecular weight excluding hydrogens is 250 g/mol. The summed E-state index contributed by atoms with van der Waals surface area (Å²) in [7, 11) is -2.11. The summed E-state index contributed by atoms with van der Waals surface area (Å²) in [6.45, 7) is 3.84. The van der Waals surface area contributed by atoms with Gasteiger partial charge in [0, 0.05) is 25.7 Å². The monoisotopic (exact) mass is 267 g/mol. The van der Waals surface area contributed by atoms with E-state index in [9.17, 15) is 8.42 Å². The summed E-state index contributed by atoms with van der Waals surface area (Å²) < 4.78 is 25.6. The molecule has 0 amide bonds. The standard InChI is InChI=1S/C12H17N3O2S/c1-9-7-11(8-12(14)10(9)2)18(16,17)15(3)6-4-5-13/h7-8H,4,6,14H2,1-3H3. The molecule has 0 unspecified atom stereocenters. The van der Waals surface area contributed by atoms with Crippen molar-refractivity contribution < 1.29 is 8.42 Å². The highest BCUT2D eigenvalue weighted by molar-refractivity contribution is 7.89. The second-order valence-corrected chi connectivity index (χ2v) is 6.23. The number of rotatable bonds is 4. The third-order valence-electron chi connectivity index (χ3n) is 2.93. The maximum atomic E-state index is 12.2. The summed E-state index contributed by atoms with van der Waals surface area (Å²) in [5, 5.41) is 8.48. The van der Waals surface area contributed by atoms with Crippen molar-refractivity contribution in [3.8, 4) is 6.07 Å². The number of aryl methyl sites for hydroxylation is 1. The molecule has 98 valence electrons. The molecule has 5 nitrogen and oxygen atoms in total. The first kappa shape index (κ1) is 14.5. The van der Waals surface area contributed by atoms with Gasteiger partial charge in [0.1, 0.15) is 0 Å². The van der Waals surface area contributed by atoms with Crippen LogP contribution in [0.5, 0.6) is 0 Å². The fraction of sp³-hybridized carbons (Fsp3) is 0.417.